The molecule has 132 valence electrons. The van der Waals surface area contributed by atoms with Crippen LogP contribution in [-0.4, -0.2) is 26.4 Å². The Morgan fingerprint density at radius 2 is 2.07 bits per heavy atom. The molecule has 7 heteroatoms. The number of imidazole rings is 1. The summed E-state index contributed by atoms with van der Waals surface area (Å²) >= 11 is 0. The molecule has 0 unspecified atom stereocenters. The smallest absolute Gasteiger partial charge is 0.145 e. The topological polar surface area (TPSA) is 88.1 Å². The average Bonchev–Trinajstić information content (AvgIpc) is 3.11. The molecule has 27 heavy (non-hydrogen) atoms. The van der Waals surface area contributed by atoms with Gasteiger partial charge in [-0.05, 0) is 30.3 Å². The lowest BCUT2D eigenvalue weighted by molar-refractivity contribution is 0.306. The van der Waals surface area contributed by atoms with Gasteiger partial charge >= 0.3 is 0 Å². The molecule has 4 aromatic rings. The molecule has 0 amide bonds. The van der Waals surface area contributed by atoms with Crippen LogP contribution in [0.4, 0.5) is 5.82 Å². The zero-order chi connectivity index (χ0) is 18.6. The number of ether oxygens (including phenoxy) is 1. The standard InChI is InChI=1S/C20H16N6O/c1-22-20-19(25-18-9-16(10-21)24-13-26(18)20)15-4-6-17(7-5-15)27-12-14-3-2-8-23-11-14/h2-9,11,13,22H,12H2,1H3. The van der Waals surface area contributed by atoms with E-state index in [0.29, 0.717) is 17.9 Å². The number of nitriles is 1. The maximum atomic E-state index is 9.03. The molecular formula is C20H16N6O. The van der Waals surface area contributed by atoms with Crippen LogP contribution in [0.2, 0.25) is 0 Å². The van der Waals surface area contributed by atoms with Crippen LogP contribution >= 0.6 is 0 Å². The molecule has 4 rings (SSSR count). The minimum Gasteiger partial charge on any atom is -0.489 e. The van der Waals surface area contributed by atoms with E-state index in [9.17, 15) is 0 Å². The molecule has 1 aromatic carbocycles. The molecule has 0 aliphatic carbocycles. The Kier molecular flexibility index (Phi) is 4.37. The number of nitrogens with zero attached hydrogens (tertiary/aromatic N) is 5. The second kappa shape index (κ2) is 7.14. The van der Waals surface area contributed by atoms with E-state index in [4.69, 9.17) is 10.00 Å². The summed E-state index contributed by atoms with van der Waals surface area (Å²) in [6.07, 6.45) is 5.12. The zero-order valence-corrected chi connectivity index (χ0v) is 14.6. The van der Waals surface area contributed by atoms with Gasteiger partial charge in [0.15, 0.2) is 0 Å². The summed E-state index contributed by atoms with van der Waals surface area (Å²) in [4.78, 5) is 12.8. The van der Waals surface area contributed by atoms with Crippen LogP contribution in [0, 0.1) is 11.3 Å². The Morgan fingerprint density at radius 3 is 2.78 bits per heavy atom. The summed E-state index contributed by atoms with van der Waals surface area (Å²) < 4.78 is 7.62. The predicted octanol–water partition coefficient (Wildman–Crippen LogP) is 3.28. The van der Waals surface area contributed by atoms with Crippen LogP contribution < -0.4 is 10.1 Å². The van der Waals surface area contributed by atoms with E-state index in [2.05, 4.69) is 20.3 Å². The third-order valence-electron chi connectivity index (χ3n) is 4.12. The summed E-state index contributed by atoms with van der Waals surface area (Å²) in [6.45, 7) is 0.464. The van der Waals surface area contributed by atoms with Crippen molar-refractivity contribution in [1.29, 1.82) is 5.26 Å². The summed E-state index contributed by atoms with van der Waals surface area (Å²) in [5.41, 5.74) is 3.74. The van der Waals surface area contributed by atoms with Crippen molar-refractivity contribution in [3.8, 4) is 23.1 Å². The van der Waals surface area contributed by atoms with Crippen molar-refractivity contribution in [1.82, 2.24) is 19.4 Å². The number of hydrogen-bond acceptors (Lipinski definition) is 6. The first-order valence-corrected chi connectivity index (χ1v) is 8.36. The van der Waals surface area contributed by atoms with Gasteiger partial charge in [0.25, 0.3) is 0 Å². The highest BCUT2D eigenvalue weighted by molar-refractivity contribution is 5.76. The Bertz CT molecular complexity index is 1110. The minimum absolute atomic E-state index is 0.334. The monoisotopic (exact) mass is 356 g/mol. The zero-order valence-electron chi connectivity index (χ0n) is 14.6. The number of anilines is 1. The molecule has 0 aliphatic heterocycles. The van der Waals surface area contributed by atoms with Crippen LogP contribution in [0.3, 0.4) is 0 Å². The van der Waals surface area contributed by atoms with E-state index in [1.54, 1.807) is 24.8 Å². The minimum atomic E-state index is 0.334. The molecule has 0 radical (unpaired) electrons. The van der Waals surface area contributed by atoms with E-state index < -0.39 is 0 Å². The van der Waals surface area contributed by atoms with Gasteiger partial charge in [-0.15, -0.1) is 0 Å². The fourth-order valence-electron chi connectivity index (χ4n) is 2.81. The van der Waals surface area contributed by atoms with Crippen LogP contribution in [0.25, 0.3) is 16.9 Å². The number of fused-ring (bicyclic) bond motifs is 1. The number of rotatable bonds is 5. The Balaban J connectivity index is 1.61. The molecule has 3 heterocycles. The van der Waals surface area contributed by atoms with Crippen molar-refractivity contribution in [3.63, 3.8) is 0 Å². The number of hydrogen-bond donors (Lipinski definition) is 1. The highest BCUT2D eigenvalue weighted by Crippen LogP contribution is 2.29. The normalized spacial score (nSPS) is 10.5. The predicted molar refractivity (Wildman–Crippen MR) is 101 cm³/mol. The van der Waals surface area contributed by atoms with Gasteiger partial charge in [-0.1, -0.05) is 6.07 Å². The maximum absolute atomic E-state index is 9.03. The number of benzene rings is 1. The molecule has 3 aromatic heterocycles. The third-order valence-corrected chi connectivity index (χ3v) is 4.12. The van der Waals surface area contributed by atoms with Crippen molar-refractivity contribution in [2.75, 3.05) is 12.4 Å². The summed E-state index contributed by atoms with van der Waals surface area (Å²) in [5, 5.41) is 12.2. The second-order valence-electron chi connectivity index (χ2n) is 5.85. The Labute approximate surface area is 155 Å². The largest absolute Gasteiger partial charge is 0.489 e. The molecule has 0 saturated heterocycles. The highest BCUT2D eigenvalue weighted by Gasteiger charge is 2.14. The van der Waals surface area contributed by atoms with Gasteiger partial charge in [0, 0.05) is 36.6 Å². The summed E-state index contributed by atoms with van der Waals surface area (Å²) in [6, 6.07) is 15.3. The Morgan fingerprint density at radius 1 is 1.22 bits per heavy atom. The van der Waals surface area contributed by atoms with Crippen molar-refractivity contribution in [3.05, 3.63) is 72.4 Å². The first-order chi connectivity index (χ1) is 13.3. The molecule has 7 nitrogen and oxygen atoms in total. The van der Waals surface area contributed by atoms with Gasteiger partial charge in [-0.3, -0.25) is 9.38 Å². The molecule has 1 N–H and O–H groups in total. The lowest BCUT2D eigenvalue weighted by Crippen LogP contribution is -1.97. The van der Waals surface area contributed by atoms with Crippen molar-refractivity contribution in [2.45, 2.75) is 6.61 Å². The Hall–Kier alpha value is -3.92. The quantitative estimate of drug-likeness (QED) is 0.590. The SMILES string of the molecule is CNc1c(-c2ccc(OCc3cccnc3)cc2)nc2cc(C#N)ncn12. The lowest BCUT2D eigenvalue weighted by Gasteiger charge is -2.07. The fourth-order valence-corrected chi connectivity index (χ4v) is 2.81. The van der Waals surface area contributed by atoms with Crippen LogP contribution in [0.1, 0.15) is 11.3 Å². The van der Waals surface area contributed by atoms with E-state index in [0.717, 1.165) is 28.4 Å². The van der Waals surface area contributed by atoms with E-state index >= 15 is 0 Å². The first-order valence-electron chi connectivity index (χ1n) is 8.36. The van der Waals surface area contributed by atoms with Crippen LogP contribution in [0.5, 0.6) is 5.75 Å². The molecule has 0 spiro atoms. The van der Waals surface area contributed by atoms with Crippen LogP contribution in [0.15, 0.2) is 61.2 Å². The number of pyridine rings is 1. The van der Waals surface area contributed by atoms with Gasteiger partial charge in [0.2, 0.25) is 0 Å². The molecule has 0 saturated carbocycles. The summed E-state index contributed by atoms with van der Waals surface area (Å²) in [7, 11) is 1.83. The maximum Gasteiger partial charge on any atom is 0.145 e. The van der Waals surface area contributed by atoms with Crippen LogP contribution in [-0.2, 0) is 6.61 Å². The molecule has 0 fully saturated rings. The lowest BCUT2D eigenvalue weighted by atomic mass is 10.1. The van der Waals surface area contributed by atoms with E-state index in [1.165, 1.54) is 0 Å². The third kappa shape index (κ3) is 3.28. The van der Waals surface area contributed by atoms with E-state index in [-0.39, 0.29) is 0 Å². The number of nitrogens with one attached hydrogen (secondary N) is 1. The molecule has 0 bridgehead atoms. The first kappa shape index (κ1) is 16.5. The van der Waals surface area contributed by atoms with Gasteiger partial charge < -0.3 is 10.1 Å². The van der Waals surface area contributed by atoms with E-state index in [1.807, 2.05) is 53.9 Å². The molecular weight excluding hydrogens is 340 g/mol. The average molecular weight is 356 g/mol. The summed E-state index contributed by atoms with van der Waals surface area (Å²) in [5.74, 6) is 1.58. The van der Waals surface area contributed by atoms with Crippen molar-refractivity contribution >= 4 is 11.5 Å². The second-order valence-corrected chi connectivity index (χ2v) is 5.85. The van der Waals surface area contributed by atoms with Gasteiger partial charge in [-0.2, -0.15) is 5.26 Å². The highest BCUT2D eigenvalue weighted by atomic mass is 16.5. The fraction of sp³-hybridized carbons (Fsp3) is 0.100. The van der Waals surface area contributed by atoms with Crippen molar-refractivity contribution < 1.29 is 4.74 Å². The van der Waals surface area contributed by atoms with Gasteiger partial charge in [0.1, 0.15) is 47.6 Å². The van der Waals surface area contributed by atoms with Crippen molar-refractivity contribution in [2.24, 2.45) is 0 Å². The molecule has 0 aliphatic rings. The molecule has 0 atom stereocenters. The number of aromatic nitrogens is 4. The van der Waals surface area contributed by atoms with Gasteiger partial charge in [0.05, 0.1) is 0 Å². The van der Waals surface area contributed by atoms with Gasteiger partial charge in [-0.25, -0.2) is 9.97 Å².